The monoisotopic (exact) mass is 415 g/mol. The molecule has 3 heterocycles. The Bertz CT molecular complexity index is 857. The molecule has 0 spiro atoms. The van der Waals surface area contributed by atoms with E-state index >= 15 is 0 Å². The number of hydrogen-bond acceptors (Lipinski definition) is 5. The fourth-order valence-electron chi connectivity index (χ4n) is 3.88. The molecule has 1 aromatic heterocycles. The molecule has 1 aromatic carbocycles. The second-order valence-electron chi connectivity index (χ2n) is 7.69. The van der Waals surface area contributed by atoms with E-state index < -0.39 is 0 Å². The van der Waals surface area contributed by atoms with Crippen molar-refractivity contribution >= 4 is 17.2 Å². The van der Waals surface area contributed by atoms with Gasteiger partial charge in [0, 0.05) is 34.9 Å². The van der Waals surface area contributed by atoms with Crippen LogP contribution in [0.2, 0.25) is 0 Å². The number of amides is 1. The van der Waals surface area contributed by atoms with Crippen LogP contribution in [0.5, 0.6) is 11.5 Å². The Balaban J connectivity index is 1.65. The van der Waals surface area contributed by atoms with Gasteiger partial charge in [-0.15, -0.1) is 11.3 Å². The van der Waals surface area contributed by atoms with Crippen molar-refractivity contribution in [1.82, 2.24) is 4.90 Å². The van der Waals surface area contributed by atoms with E-state index in [1.165, 1.54) is 16.2 Å². The van der Waals surface area contributed by atoms with Crippen molar-refractivity contribution in [2.24, 2.45) is 0 Å². The minimum absolute atomic E-state index is 0.135. The van der Waals surface area contributed by atoms with E-state index in [2.05, 4.69) is 31.2 Å². The summed E-state index contributed by atoms with van der Waals surface area (Å²) >= 11 is 1.76. The molecule has 0 aliphatic carbocycles. The Morgan fingerprint density at radius 1 is 1.28 bits per heavy atom. The van der Waals surface area contributed by atoms with Crippen LogP contribution in [0.3, 0.4) is 0 Å². The molecule has 0 bridgehead atoms. The number of nitrogens with zero attached hydrogens (tertiary/aromatic N) is 1. The average Bonchev–Trinajstić information content (AvgIpc) is 3.06. The SMILES string of the molecule is CCC(=O)N1CCOc2c(cc(-c3ccc(C)s3)cc2OCC2CCCCO2)C1. The fourth-order valence-corrected chi connectivity index (χ4v) is 4.74. The van der Waals surface area contributed by atoms with E-state index in [4.69, 9.17) is 14.2 Å². The molecule has 1 atom stereocenters. The molecule has 0 saturated carbocycles. The van der Waals surface area contributed by atoms with E-state index in [0.29, 0.717) is 32.7 Å². The lowest BCUT2D eigenvalue weighted by Gasteiger charge is -2.24. The maximum absolute atomic E-state index is 12.3. The highest BCUT2D eigenvalue weighted by Gasteiger charge is 2.24. The molecule has 29 heavy (non-hydrogen) atoms. The van der Waals surface area contributed by atoms with E-state index in [1.807, 2.05) is 11.8 Å². The smallest absolute Gasteiger partial charge is 0.222 e. The van der Waals surface area contributed by atoms with Crippen molar-refractivity contribution in [1.29, 1.82) is 0 Å². The van der Waals surface area contributed by atoms with Gasteiger partial charge in [0.05, 0.1) is 12.6 Å². The largest absolute Gasteiger partial charge is 0.487 e. The first-order valence-corrected chi connectivity index (χ1v) is 11.3. The van der Waals surface area contributed by atoms with Gasteiger partial charge < -0.3 is 19.1 Å². The fraction of sp³-hybridized carbons (Fsp3) is 0.522. The average molecular weight is 416 g/mol. The predicted octanol–water partition coefficient (Wildman–Crippen LogP) is 4.80. The van der Waals surface area contributed by atoms with Gasteiger partial charge in [0.15, 0.2) is 11.5 Å². The van der Waals surface area contributed by atoms with Crippen molar-refractivity contribution in [3.8, 4) is 21.9 Å². The third-order valence-electron chi connectivity index (χ3n) is 5.48. The summed E-state index contributed by atoms with van der Waals surface area (Å²) < 4.78 is 18.2. The van der Waals surface area contributed by atoms with Crippen LogP contribution in [0.4, 0.5) is 0 Å². The Morgan fingerprint density at radius 3 is 2.90 bits per heavy atom. The molecule has 1 unspecified atom stereocenters. The Labute approximate surface area is 176 Å². The van der Waals surface area contributed by atoms with Crippen LogP contribution < -0.4 is 9.47 Å². The zero-order valence-corrected chi connectivity index (χ0v) is 18.1. The lowest BCUT2D eigenvalue weighted by Crippen LogP contribution is -2.31. The summed E-state index contributed by atoms with van der Waals surface area (Å²) in [6, 6.07) is 8.49. The number of aryl methyl sites for hydroxylation is 1. The van der Waals surface area contributed by atoms with Crippen molar-refractivity contribution in [3.63, 3.8) is 0 Å². The second kappa shape index (κ2) is 9.18. The summed E-state index contributed by atoms with van der Waals surface area (Å²) in [5.41, 5.74) is 2.11. The Morgan fingerprint density at radius 2 is 2.17 bits per heavy atom. The molecular formula is C23H29NO4S. The van der Waals surface area contributed by atoms with Gasteiger partial charge in [-0.05, 0) is 56.0 Å². The van der Waals surface area contributed by atoms with Crippen LogP contribution in [0, 0.1) is 6.92 Å². The number of carbonyl (C=O) groups is 1. The van der Waals surface area contributed by atoms with E-state index in [9.17, 15) is 4.79 Å². The lowest BCUT2D eigenvalue weighted by atomic mass is 10.1. The second-order valence-corrected chi connectivity index (χ2v) is 8.98. The van der Waals surface area contributed by atoms with E-state index in [0.717, 1.165) is 42.1 Å². The normalized spacial score (nSPS) is 19.2. The first-order chi connectivity index (χ1) is 14.1. The van der Waals surface area contributed by atoms with Gasteiger partial charge in [0.2, 0.25) is 5.91 Å². The summed E-state index contributed by atoms with van der Waals surface area (Å²) in [5, 5.41) is 0. The number of carbonyl (C=O) groups excluding carboxylic acids is 1. The molecule has 0 radical (unpaired) electrons. The first-order valence-electron chi connectivity index (χ1n) is 10.5. The molecule has 0 N–H and O–H groups in total. The van der Waals surface area contributed by atoms with E-state index in [1.54, 1.807) is 11.3 Å². The Kier molecular flexibility index (Phi) is 6.40. The maximum atomic E-state index is 12.3. The van der Waals surface area contributed by atoms with Crippen molar-refractivity contribution in [2.75, 3.05) is 26.4 Å². The van der Waals surface area contributed by atoms with Crippen LogP contribution in [-0.4, -0.2) is 43.3 Å². The number of ether oxygens (including phenoxy) is 3. The van der Waals surface area contributed by atoms with Crippen molar-refractivity contribution in [3.05, 3.63) is 34.7 Å². The van der Waals surface area contributed by atoms with Gasteiger partial charge in [-0.1, -0.05) is 6.92 Å². The first kappa shape index (κ1) is 20.2. The molecule has 1 fully saturated rings. The molecule has 1 saturated heterocycles. The quantitative estimate of drug-likeness (QED) is 0.704. The summed E-state index contributed by atoms with van der Waals surface area (Å²) in [6.07, 6.45) is 3.98. The predicted molar refractivity (Wildman–Crippen MR) is 115 cm³/mol. The third-order valence-corrected chi connectivity index (χ3v) is 6.53. The van der Waals surface area contributed by atoms with Gasteiger partial charge in [-0.25, -0.2) is 0 Å². The lowest BCUT2D eigenvalue weighted by molar-refractivity contribution is -0.131. The molecular weight excluding hydrogens is 386 g/mol. The highest BCUT2D eigenvalue weighted by atomic mass is 32.1. The molecule has 156 valence electrons. The molecule has 4 rings (SSSR count). The number of hydrogen-bond donors (Lipinski definition) is 0. The van der Waals surface area contributed by atoms with Crippen LogP contribution >= 0.6 is 11.3 Å². The van der Waals surface area contributed by atoms with Crippen LogP contribution in [0.1, 0.15) is 43.0 Å². The van der Waals surface area contributed by atoms with Crippen molar-refractivity contribution in [2.45, 2.75) is 52.2 Å². The Hall–Kier alpha value is -2.05. The minimum atomic E-state index is 0.135. The summed E-state index contributed by atoms with van der Waals surface area (Å²) in [5.74, 6) is 1.67. The standard InChI is InChI=1S/C23H29NO4S/c1-3-22(25)24-9-11-27-23-18(14-24)12-17(21-8-7-16(2)29-21)13-20(23)28-15-19-6-4-5-10-26-19/h7-8,12-13,19H,3-6,9-11,14-15H2,1-2H3. The van der Waals surface area contributed by atoms with Crippen molar-refractivity contribution < 1.29 is 19.0 Å². The summed E-state index contributed by atoms with van der Waals surface area (Å²) in [4.78, 5) is 16.7. The van der Waals surface area contributed by atoms with Crippen LogP contribution in [0.25, 0.3) is 10.4 Å². The maximum Gasteiger partial charge on any atom is 0.222 e. The molecule has 2 aliphatic rings. The summed E-state index contributed by atoms with van der Waals surface area (Å²) in [6.45, 7) is 6.98. The van der Waals surface area contributed by atoms with Gasteiger partial charge >= 0.3 is 0 Å². The molecule has 2 aliphatic heterocycles. The third kappa shape index (κ3) is 4.75. The topological polar surface area (TPSA) is 48.0 Å². The van der Waals surface area contributed by atoms with Crippen LogP contribution in [0.15, 0.2) is 24.3 Å². The molecule has 1 amide bonds. The van der Waals surface area contributed by atoms with Crippen LogP contribution in [-0.2, 0) is 16.1 Å². The summed E-state index contributed by atoms with van der Waals surface area (Å²) in [7, 11) is 0. The van der Waals surface area contributed by atoms with Gasteiger partial charge in [-0.3, -0.25) is 4.79 Å². The highest BCUT2D eigenvalue weighted by molar-refractivity contribution is 7.15. The van der Waals surface area contributed by atoms with Gasteiger partial charge in [0.1, 0.15) is 13.2 Å². The highest BCUT2D eigenvalue weighted by Crippen LogP contribution is 2.40. The zero-order chi connectivity index (χ0) is 20.2. The van der Waals surface area contributed by atoms with Gasteiger partial charge in [-0.2, -0.15) is 0 Å². The molecule has 2 aromatic rings. The number of rotatable bonds is 5. The number of thiophene rings is 1. The minimum Gasteiger partial charge on any atom is -0.487 e. The molecule has 5 nitrogen and oxygen atoms in total. The number of benzene rings is 1. The zero-order valence-electron chi connectivity index (χ0n) is 17.2. The molecule has 6 heteroatoms. The number of fused-ring (bicyclic) bond motifs is 1. The van der Waals surface area contributed by atoms with Gasteiger partial charge in [0.25, 0.3) is 0 Å². The van der Waals surface area contributed by atoms with E-state index in [-0.39, 0.29) is 12.0 Å².